The molecule has 0 amide bonds. The number of hydrogen-bond acceptors (Lipinski definition) is 3. The van der Waals surface area contributed by atoms with Gasteiger partial charge in [0.15, 0.2) is 0 Å². The Morgan fingerprint density at radius 1 is 1.50 bits per heavy atom. The number of nitrogens with two attached hydrogens (primary N) is 1. The Labute approximate surface area is 83.8 Å². The van der Waals surface area contributed by atoms with Gasteiger partial charge >= 0.3 is 0 Å². The molecule has 0 aliphatic carbocycles. The molecule has 2 aromatic rings. The number of anilines is 1. The van der Waals surface area contributed by atoms with Gasteiger partial charge < -0.3 is 5.73 Å². The smallest absolute Gasteiger partial charge is 0.116 e. The van der Waals surface area contributed by atoms with Gasteiger partial charge in [0.05, 0.1) is 12.1 Å². The molecule has 0 aliphatic rings. The van der Waals surface area contributed by atoms with Gasteiger partial charge in [-0.2, -0.15) is 0 Å². The minimum Gasteiger partial charge on any atom is -0.397 e. The van der Waals surface area contributed by atoms with Gasteiger partial charge in [0, 0.05) is 0 Å². The molecule has 4 nitrogen and oxygen atoms in total. The van der Waals surface area contributed by atoms with E-state index in [9.17, 15) is 0 Å². The lowest BCUT2D eigenvalue weighted by molar-refractivity contribution is 0.911. The lowest BCUT2D eigenvalue weighted by Crippen LogP contribution is -1.89. The van der Waals surface area contributed by atoms with Crippen LogP contribution in [0.3, 0.4) is 0 Å². The van der Waals surface area contributed by atoms with Gasteiger partial charge in [0.2, 0.25) is 0 Å². The molecular weight excluding hydrogens is 286 g/mol. The number of rotatable bonds is 1. The highest BCUT2D eigenvalue weighted by atomic mass is 127. The van der Waals surface area contributed by atoms with Crippen LogP contribution >= 0.6 is 28.4 Å². The van der Waals surface area contributed by atoms with E-state index in [1.54, 1.807) is 0 Å². The molecule has 12 heavy (non-hydrogen) atoms. The highest BCUT2D eigenvalue weighted by Crippen LogP contribution is 2.29. The van der Waals surface area contributed by atoms with E-state index in [2.05, 4.69) is 32.4 Å². The van der Waals surface area contributed by atoms with Crippen molar-refractivity contribution < 1.29 is 0 Å². The maximum Gasteiger partial charge on any atom is 0.116 e. The Morgan fingerprint density at radius 3 is 3.08 bits per heavy atom. The zero-order valence-electron chi connectivity index (χ0n) is 6.03. The summed E-state index contributed by atoms with van der Waals surface area (Å²) >= 11 is 2.25. The Kier molecular flexibility index (Phi) is 2.14. The molecule has 2 N–H and O–H groups in total. The Hall–Kier alpha value is -0.420. The molecule has 0 radical (unpaired) electrons. The monoisotopic (exact) mass is 292 g/mol. The molecular formula is C6H6IN4P. The van der Waals surface area contributed by atoms with Crippen LogP contribution in [0.25, 0.3) is 11.0 Å². The van der Waals surface area contributed by atoms with Crippen molar-refractivity contribution in [3.05, 3.63) is 18.2 Å². The van der Waals surface area contributed by atoms with Crippen LogP contribution < -0.4 is 5.73 Å². The topological polar surface area (TPSA) is 56.7 Å². The summed E-state index contributed by atoms with van der Waals surface area (Å²) in [5, 5.41) is 7.95. The number of benzene rings is 1. The van der Waals surface area contributed by atoms with E-state index in [1.807, 2.05) is 22.7 Å². The summed E-state index contributed by atoms with van der Waals surface area (Å²) in [5.41, 5.74) is 8.31. The summed E-state index contributed by atoms with van der Waals surface area (Å²) < 4.78 is 1.81. The van der Waals surface area contributed by atoms with E-state index >= 15 is 0 Å². The van der Waals surface area contributed by atoms with Gasteiger partial charge in [-0.3, -0.25) is 0 Å². The number of fused-ring (bicyclic) bond motifs is 1. The standard InChI is InChI=1S/C6H6IN4P/c7-12-11-6-4(8)2-1-3-5(6)9-10-11/h1-3,12H,8H2. The van der Waals surface area contributed by atoms with Crippen LogP contribution in [0.5, 0.6) is 0 Å². The minimum absolute atomic E-state index is 0.538. The van der Waals surface area contributed by atoms with Gasteiger partial charge in [0.1, 0.15) is 11.0 Å². The zero-order chi connectivity index (χ0) is 8.55. The van der Waals surface area contributed by atoms with Crippen molar-refractivity contribution in [2.75, 3.05) is 5.73 Å². The zero-order valence-corrected chi connectivity index (χ0v) is 9.19. The van der Waals surface area contributed by atoms with Crippen molar-refractivity contribution in [2.45, 2.75) is 0 Å². The normalized spacial score (nSPS) is 11.8. The molecule has 1 aromatic carbocycles. The van der Waals surface area contributed by atoms with Crippen LogP contribution in [0.1, 0.15) is 0 Å². The summed E-state index contributed by atoms with van der Waals surface area (Å²) in [7, 11) is 0. The molecule has 1 heterocycles. The first-order valence-corrected chi connectivity index (χ1v) is 7.35. The van der Waals surface area contributed by atoms with E-state index in [4.69, 9.17) is 5.73 Å². The first-order valence-electron chi connectivity index (χ1n) is 3.29. The average molecular weight is 292 g/mol. The molecule has 0 bridgehead atoms. The number of para-hydroxylation sites is 1. The fourth-order valence-electron chi connectivity index (χ4n) is 1.06. The minimum atomic E-state index is 0.538. The molecule has 1 aromatic heterocycles. The van der Waals surface area contributed by atoms with Crippen molar-refractivity contribution in [3.63, 3.8) is 0 Å². The lowest BCUT2D eigenvalue weighted by Gasteiger charge is -1.97. The van der Waals surface area contributed by atoms with E-state index in [1.165, 1.54) is 0 Å². The third-order valence-corrected chi connectivity index (χ3v) is 3.42. The van der Waals surface area contributed by atoms with E-state index in [-0.39, 0.29) is 0 Å². The summed E-state index contributed by atoms with van der Waals surface area (Å²) in [5.74, 6) is 0. The third-order valence-electron chi connectivity index (χ3n) is 1.58. The molecule has 62 valence electrons. The fourth-order valence-corrected chi connectivity index (χ4v) is 2.48. The second kappa shape index (κ2) is 3.14. The largest absolute Gasteiger partial charge is 0.397 e. The summed E-state index contributed by atoms with van der Waals surface area (Å²) in [4.78, 5) is 0. The quantitative estimate of drug-likeness (QED) is 0.495. The van der Waals surface area contributed by atoms with Gasteiger partial charge in [-0.1, -0.05) is 11.3 Å². The van der Waals surface area contributed by atoms with E-state index < -0.39 is 0 Å². The number of aromatic nitrogens is 3. The van der Waals surface area contributed by atoms with Crippen LogP contribution in [-0.4, -0.2) is 14.8 Å². The van der Waals surface area contributed by atoms with Crippen LogP contribution in [0, 0.1) is 0 Å². The first kappa shape index (κ1) is 8.19. The summed E-state index contributed by atoms with van der Waals surface area (Å²) in [6.07, 6.45) is 0.538. The van der Waals surface area contributed by atoms with Gasteiger partial charge in [-0.05, 0) is 34.2 Å². The molecule has 0 fully saturated rings. The van der Waals surface area contributed by atoms with Crippen molar-refractivity contribution >= 4 is 45.1 Å². The lowest BCUT2D eigenvalue weighted by atomic mass is 10.3. The van der Waals surface area contributed by atoms with Gasteiger partial charge in [-0.15, -0.1) is 5.10 Å². The molecule has 0 saturated heterocycles. The summed E-state index contributed by atoms with van der Waals surface area (Å²) in [6, 6.07) is 5.65. The highest BCUT2D eigenvalue weighted by molar-refractivity contribution is 14.2. The van der Waals surface area contributed by atoms with Crippen molar-refractivity contribution in [3.8, 4) is 0 Å². The molecule has 0 spiro atoms. The van der Waals surface area contributed by atoms with Crippen LogP contribution in [0.2, 0.25) is 0 Å². The van der Waals surface area contributed by atoms with Crippen molar-refractivity contribution in [1.29, 1.82) is 0 Å². The fraction of sp³-hybridized carbons (Fsp3) is 0. The van der Waals surface area contributed by atoms with Crippen LogP contribution in [0.15, 0.2) is 18.2 Å². The van der Waals surface area contributed by atoms with Crippen LogP contribution in [0.4, 0.5) is 5.69 Å². The van der Waals surface area contributed by atoms with Crippen molar-refractivity contribution in [1.82, 2.24) is 14.8 Å². The number of halogens is 1. The van der Waals surface area contributed by atoms with Crippen LogP contribution in [-0.2, 0) is 0 Å². The highest BCUT2D eigenvalue weighted by Gasteiger charge is 2.05. The third kappa shape index (κ3) is 1.17. The Morgan fingerprint density at radius 2 is 2.33 bits per heavy atom. The number of nitrogens with zero attached hydrogens (tertiary/aromatic N) is 3. The average Bonchev–Trinajstić information content (AvgIpc) is 2.49. The Bertz CT molecular complexity index is 413. The molecule has 2 rings (SSSR count). The SMILES string of the molecule is Nc1cccc2nnn(PI)c12. The van der Waals surface area contributed by atoms with E-state index in [0.717, 1.165) is 16.7 Å². The molecule has 6 heteroatoms. The molecule has 1 unspecified atom stereocenters. The summed E-state index contributed by atoms with van der Waals surface area (Å²) in [6.45, 7) is 0. The molecule has 0 saturated carbocycles. The van der Waals surface area contributed by atoms with Gasteiger partial charge in [0.25, 0.3) is 0 Å². The number of hydrogen-bond donors (Lipinski definition) is 1. The first-order chi connectivity index (χ1) is 5.83. The maximum atomic E-state index is 5.78. The predicted molar refractivity (Wildman–Crippen MR) is 59.7 cm³/mol. The Balaban J connectivity index is 2.83. The molecule has 1 atom stereocenters. The second-order valence-electron chi connectivity index (χ2n) is 2.30. The number of nitrogen functional groups attached to an aromatic ring is 1. The van der Waals surface area contributed by atoms with Gasteiger partial charge in [-0.25, -0.2) is 4.45 Å². The van der Waals surface area contributed by atoms with E-state index in [0.29, 0.717) is 6.37 Å². The predicted octanol–water partition coefficient (Wildman–Crippen LogP) is 1.81. The van der Waals surface area contributed by atoms with Crippen molar-refractivity contribution in [2.24, 2.45) is 0 Å². The molecule has 0 aliphatic heterocycles. The maximum absolute atomic E-state index is 5.78. The second-order valence-corrected chi connectivity index (χ2v) is 4.34.